The number of nitrogens with one attached hydrogen (secondary N) is 2. The lowest BCUT2D eigenvalue weighted by Gasteiger charge is -2.26. The Morgan fingerprint density at radius 1 is 1.12 bits per heavy atom. The van der Waals surface area contributed by atoms with Crippen molar-refractivity contribution in [2.45, 2.75) is 39.0 Å². The number of fused-ring (bicyclic) bond motifs is 3. The van der Waals surface area contributed by atoms with Gasteiger partial charge in [0.05, 0.1) is 22.1 Å². The van der Waals surface area contributed by atoms with Crippen LogP contribution >= 0.6 is 34.8 Å². The second kappa shape index (κ2) is 9.99. The fourth-order valence-electron chi connectivity index (χ4n) is 4.45. The number of pyridine rings is 1. The molecule has 0 aliphatic carbocycles. The minimum Gasteiger partial charge on any atom is -0.349 e. The molecule has 33 heavy (non-hydrogen) atoms. The predicted octanol–water partition coefficient (Wildman–Crippen LogP) is 5.52. The average Bonchev–Trinajstić information content (AvgIpc) is 2.95. The Labute approximate surface area is 213 Å². The number of anilines is 3. The van der Waals surface area contributed by atoms with Gasteiger partial charge in [-0.3, -0.25) is 4.98 Å². The van der Waals surface area contributed by atoms with E-state index in [9.17, 15) is 0 Å². The summed E-state index contributed by atoms with van der Waals surface area (Å²) >= 11 is 7.85. The van der Waals surface area contributed by atoms with E-state index in [4.69, 9.17) is 17.2 Å². The second-order valence-corrected chi connectivity index (χ2v) is 10.5. The zero-order valence-corrected chi connectivity index (χ0v) is 21.7. The molecule has 1 fully saturated rings. The van der Waals surface area contributed by atoms with Crippen LogP contribution in [0.1, 0.15) is 36.1 Å². The third-order valence-electron chi connectivity index (χ3n) is 6.28. The van der Waals surface area contributed by atoms with Crippen LogP contribution in [0.25, 0.3) is 11.3 Å². The van der Waals surface area contributed by atoms with E-state index in [1.165, 1.54) is 37.9 Å². The van der Waals surface area contributed by atoms with E-state index in [1.54, 1.807) is 0 Å². The van der Waals surface area contributed by atoms with Crippen LogP contribution in [0.4, 0.5) is 17.3 Å². The van der Waals surface area contributed by atoms with E-state index >= 15 is 0 Å². The first-order chi connectivity index (χ1) is 16.0. The van der Waals surface area contributed by atoms with Crippen molar-refractivity contribution in [3.05, 3.63) is 57.1 Å². The summed E-state index contributed by atoms with van der Waals surface area (Å²) in [6, 6.07) is 8.48. The first-order valence-electron chi connectivity index (χ1n) is 11.5. The highest BCUT2D eigenvalue weighted by Crippen LogP contribution is 2.34. The van der Waals surface area contributed by atoms with Gasteiger partial charge in [-0.05, 0) is 91.7 Å². The molecule has 0 radical (unpaired) electrons. The Bertz CT molecular complexity index is 1190. The Morgan fingerprint density at radius 2 is 1.97 bits per heavy atom. The van der Waals surface area contributed by atoms with Crippen molar-refractivity contribution in [1.29, 1.82) is 0 Å². The maximum atomic E-state index is 5.53. The highest BCUT2D eigenvalue weighted by atomic mass is 127. The number of aryl methyl sites for hydroxylation is 1. The standard InChI is InChI=1S/C25H27IN6S/c1-16-21(11-17(14-27-16)7-10-32-8-3-2-4-9-32)30-25-28-15-18-12-23(33)29-22-13-19(26)5-6-20(22)24(18)31-25/h5-6,11,13-15H,2-4,7-10,12H2,1H3,(H,29,33)(H,28,30,31). The van der Waals surface area contributed by atoms with Crippen LogP contribution in [0.3, 0.4) is 0 Å². The molecule has 8 heteroatoms. The normalized spacial score (nSPS) is 15.9. The van der Waals surface area contributed by atoms with Crippen molar-refractivity contribution in [3.63, 3.8) is 0 Å². The molecule has 6 nitrogen and oxygen atoms in total. The van der Waals surface area contributed by atoms with E-state index in [0.29, 0.717) is 12.4 Å². The molecule has 0 spiro atoms. The zero-order chi connectivity index (χ0) is 22.8. The van der Waals surface area contributed by atoms with Crippen molar-refractivity contribution in [2.75, 3.05) is 30.3 Å². The molecule has 2 aliphatic rings. The number of likely N-dealkylation sites (tertiary alicyclic amines) is 1. The number of piperidine rings is 1. The largest absolute Gasteiger partial charge is 0.349 e. The third-order valence-corrected chi connectivity index (χ3v) is 7.20. The molecule has 0 unspecified atom stereocenters. The second-order valence-electron chi connectivity index (χ2n) is 8.74. The molecule has 2 aromatic heterocycles. The topological polar surface area (TPSA) is 66.0 Å². The molecule has 2 aliphatic heterocycles. The molecular formula is C25H27IN6S. The van der Waals surface area contributed by atoms with Gasteiger partial charge < -0.3 is 15.5 Å². The van der Waals surface area contributed by atoms with Crippen LogP contribution < -0.4 is 10.6 Å². The lowest BCUT2D eigenvalue weighted by atomic mass is 10.1. The van der Waals surface area contributed by atoms with Gasteiger partial charge in [0.25, 0.3) is 0 Å². The maximum absolute atomic E-state index is 5.53. The van der Waals surface area contributed by atoms with Crippen molar-refractivity contribution in [2.24, 2.45) is 0 Å². The van der Waals surface area contributed by atoms with Gasteiger partial charge in [-0.1, -0.05) is 18.6 Å². The molecule has 1 saturated heterocycles. The van der Waals surface area contributed by atoms with Crippen molar-refractivity contribution >= 4 is 57.1 Å². The van der Waals surface area contributed by atoms with Gasteiger partial charge in [0.1, 0.15) is 0 Å². The molecule has 0 atom stereocenters. The van der Waals surface area contributed by atoms with Crippen LogP contribution in [-0.2, 0) is 12.8 Å². The van der Waals surface area contributed by atoms with Gasteiger partial charge in [0, 0.05) is 45.7 Å². The van der Waals surface area contributed by atoms with Crippen molar-refractivity contribution in [1.82, 2.24) is 19.9 Å². The number of aromatic nitrogens is 3. The molecule has 0 bridgehead atoms. The number of nitrogens with zero attached hydrogens (tertiary/aromatic N) is 4. The van der Waals surface area contributed by atoms with E-state index in [-0.39, 0.29) is 0 Å². The molecule has 4 heterocycles. The number of thiocarbonyl (C=S) groups is 1. The summed E-state index contributed by atoms with van der Waals surface area (Å²) in [6.07, 6.45) is 9.50. The average molecular weight is 571 g/mol. The van der Waals surface area contributed by atoms with Crippen molar-refractivity contribution in [3.8, 4) is 11.3 Å². The first kappa shape index (κ1) is 22.6. The molecule has 5 rings (SSSR count). The van der Waals surface area contributed by atoms with Crippen LogP contribution in [0.15, 0.2) is 36.7 Å². The lowest BCUT2D eigenvalue weighted by Crippen LogP contribution is -2.31. The Morgan fingerprint density at radius 3 is 2.82 bits per heavy atom. The number of benzene rings is 1. The number of halogens is 1. The fourth-order valence-corrected chi connectivity index (χ4v) is 5.21. The molecule has 0 saturated carbocycles. The Balaban J connectivity index is 1.39. The Hall–Kier alpha value is -2.17. The highest BCUT2D eigenvalue weighted by molar-refractivity contribution is 14.1. The summed E-state index contributed by atoms with van der Waals surface area (Å²) in [7, 11) is 0. The summed E-state index contributed by atoms with van der Waals surface area (Å²) in [5.74, 6) is 0.573. The van der Waals surface area contributed by atoms with E-state index in [1.807, 2.05) is 19.3 Å². The SMILES string of the molecule is Cc1ncc(CCN2CCCCC2)cc1Nc1ncc2c(n1)-c1ccc(I)cc1NC(=S)C2. The number of hydrogen-bond donors (Lipinski definition) is 2. The zero-order valence-electron chi connectivity index (χ0n) is 18.7. The van der Waals surface area contributed by atoms with Crippen LogP contribution in [0.2, 0.25) is 0 Å². The summed E-state index contributed by atoms with van der Waals surface area (Å²) in [5, 5.41) is 6.78. The van der Waals surface area contributed by atoms with E-state index in [0.717, 1.165) is 55.4 Å². The molecule has 2 N–H and O–H groups in total. The number of hydrogen-bond acceptors (Lipinski definition) is 6. The van der Waals surface area contributed by atoms with Gasteiger partial charge >= 0.3 is 0 Å². The summed E-state index contributed by atoms with van der Waals surface area (Å²) in [6.45, 7) is 5.53. The minimum absolute atomic E-state index is 0.573. The van der Waals surface area contributed by atoms with Gasteiger partial charge in [-0.25, -0.2) is 9.97 Å². The van der Waals surface area contributed by atoms with Crippen LogP contribution in [0.5, 0.6) is 0 Å². The number of rotatable bonds is 5. The van der Waals surface area contributed by atoms with Crippen molar-refractivity contribution < 1.29 is 0 Å². The smallest absolute Gasteiger partial charge is 0.227 e. The van der Waals surface area contributed by atoms with Crippen LogP contribution in [-0.4, -0.2) is 44.5 Å². The van der Waals surface area contributed by atoms with E-state index < -0.39 is 0 Å². The molecule has 170 valence electrons. The predicted molar refractivity (Wildman–Crippen MR) is 146 cm³/mol. The fraction of sp³-hybridized carbons (Fsp3) is 0.360. The van der Waals surface area contributed by atoms with Gasteiger partial charge in [-0.2, -0.15) is 0 Å². The first-order valence-corrected chi connectivity index (χ1v) is 12.9. The lowest BCUT2D eigenvalue weighted by molar-refractivity contribution is 0.231. The molecule has 0 amide bonds. The minimum atomic E-state index is 0.573. The summed E-state index contributed by atoms with van der Waals surface area (Å²) < 4.78 is 1.15. The van der Waals surface area contributed by atoms with E-state index in [2.05, 4.69) is 72.4 Å². The summed E-state index contributed by atoms with van der Waals surface area (Å²) in [4.78, 5) is 17.5. The highest BCUT2D eigenvalue weighted by Gasteiger charge is 2.20. The quantitative estimate of drug-likeness (QED) is 0.310. The molecular weight excluding hydrogens is 543 g/mol. The molecule has 3 aromatic rings. The Kier molecular flexibility index (Phi) is 6.84. The monoisotopic (exact) mass is 570 g/mol. The van der Waals surface area contributed by atoms with Gasteiger partial charge in [-0.15, -0.1) is 0 Å². The molecule has 1 aromatic carbocycles. The van der Waals surface area contributed by atoms with Gasteiger partial charge in [0.15, 0.2) is 0 Å². The van der Waals surface area contributed by atoms with Gasteiger partial charge in [0.2, 0.25) is 5.95 Å². The van der Waals surface area contributed by atoms with Crippen LogP contribution in [0, 0.1) is 10.5 Å². The maximum Gasteiger partial charge on any atom is 0.227 e. The summed E-state index contributed by atoms with van der Waals surface area (Å²) in [5.41, 5.74) is 7.11. The third kappa shape index (κ3) is 5.33.